The van der Waals surface area contributed by atoms with Crippen molar-refractivity contribution in [2.75, 3.05) is 11.9 Å². The largest absolute Gasteiger partial charge is 0.530 e. The number of halogens is 1. The molecule has 0 aliphatic carbocycles. The summed E-state index contributed by atoms with van der Waals surface area (Å²) in [6.07, 6.45) is -1.15. The molecule has 0 saturated carbocycles. The molecule has 0 unspecified atom stereocenters. The average molecular weight is 500 g/mol. The van der Waals surface area contributed by atoms with E-state index in [0.29, 0.717) is 16.7 Å². The van der Waals surface area contributed by atoms with Gasteiger partial charge >= 0.3 is 0 Å². The fraction of sp³-hybridized carbons (Fsp3) is 0.333. The van der Waals surface area contributed by atoms with Gasteiger partial charge in [0.2, 0.25) is 0 Å². The summed E-state index contributed by atoms with van der Waals surface area (Å²) in [7, 11) is 0. The molecule has 32 heavy (non-hydrogen) atoms. The Labute approximate surface area is 195 Å². The standard InChI is InChI=1S/C24H25BrN2O5/c1-24(2,3)27(23(31)32)17(12-15-8-10-16(11-9-15)20(28)13-25)14-26-21(29)18-6-4-5-7-19(18)22(26)30/h4-11,17H,12-14H2,1-3H3,(H,31,32)/p-1/t17-/m0/s1. The molecule has 168 valence electrons. The van der Waals surface area contributed by atoms with Gasteiger partial charge in [0.25, 0.3) is 11.8 Å². The van der Waals surface area contributed by atoms with Crippen molar-refractivity contribution in [1.29, 1.82) is 0 Å². The van der Waals surface area contributed by atoms with Crippen molar-refractivity contribution >= 4 is 39.6 Å². The first-order valence-electron chi connectivity index (χ1n) is 10.2. The number of nitrogens with zero attached hydrogens (tertiary/aromatic N) is 2. The highest BCUT2D eigenvalue weighted by Gasteiger charge is 2.39. The smallest absolute Gasteiger partial charge is 0.261 e. The summed E-state index contributed by atoms with van der Waals surface area (Å²) in [5.41, 5.74) is 1.10. The Hall–Kier alpha value is -3.00. The molecule has 2 aromatic carbocycles. The molecule has 0 spiro atoms. The van der Waals surface area contributed by atoms with Crippen LogP contribution in [-0.2, 0) is 6.42 Å². The number of imide groups is 1. The fourth-order valence-electron chi connectivity index (χ4n) is 4.00. The van der Waals surface area contributed by atoms with Crippen molar-refractivity contribution in [2.24, 2.45) is 0 Å². The van der Waals surface area contributed by atoms with Crippen molar-refractivity contribution in [3.8, 4) is 0 Å². The number of hydrogen-bond donors (Lipinski definition) is 0. The van der Waals surface area contributed by atoms with Crippen molar-refractivity contribution in [3.05, 3.63) is 70.8 Å². The van der Waals surface area contributed by atoms with Crippen LogP contribution in [0.1, 0.15) is 57.4 Å². The second-order valence-electron chi connectivity index (χ2n) is 8.68. The van der Waals surface area contributed by atoms with E-state index < -0.39 is 29.5 Å². The Bertz CT molecular complexity index is 1020. The molecule has 8 heteroatoms. The van der Waals surface area contributed by atoms with E-state index in [0.717, 1.165) is 10.5 Å². The Morgan fingerprint density at radius 2 is 1.53 bits per heavy atom. The van der Waals surface area contributed by atoms with Crippen LogP contribution in [-0.4, -0.2) is 56.9 Å². The summed E-state index contributed by atoms with van der Waals surface area (Å²) in [6, 6.07) is 12.7. The van der Waals surface area contributed by atoms with Crippen molar-refractivity contribution < 1.29 is 24.3 Å². The van der Waals surface area contributed by atoms with Crippen molar-refractivity contribution in [3.63, 3.8) is 0 Å². The molecule has 0 radical (unpaired) electrons. The molecular weight excluding hydrogens is 476 g/mol. The monoisotopic (exact) mass is 499 g/mol. The number of benzene rings is 2. The zero-order valence-corrected chi connectivity index (χ0v) is 19.7. The highest BCUT2D eigenvalue weighted by Crippen LogP contribution is 2.26. The van der Waals surface area contributed by atoms with E-state index in [1.165, 1.54) is 4.90 Å². The van der Waals surface area contributed by atoms with E-state index in [2.05, 4.69) is 15.9 Å². The highest BCUT2D eigenvalue weighted by molar-refractivity contribution is 9.09. The molecule has 0 bridgehead atoms. The Balaban J connectivity index is 1.93. The third-order valence-electron chi connectivity index (χ3n) is 5.42. The summed E-state index contributed by atoms with van der Waals surface area (Å²) in [5, 5.41) is 12.3. The van der Waals surface area contributed by atoms with Gasteiger partial charge in [0.05, 0.1) is 29.0 Å². The summed E-state index contributed by atoms with van der Waals surface area (Å²) in [6.45, 7) is 5.08. The molecule has 7 nitrogen and oxygen atoms in total. The number of ketones is 1. The van der Waals surface area contributed by atoms with Gasteiger partial charge in [0, 0.05) is 11.1 Å². The fourth-order valence-corrected chi connectivity index (χ4v) is 4.32. The van der Waals surface area contributed by atoms with E-state index in [4.69, 9.17) is 0 Å². The van der Waals surface area contributed by atoms with Gasteiger partial charge in [-0.15, -0.1) is 0 Å². The minimum absolute atomic E-state index is 0.0646. The van der Waals surface area contributed by atoms with Gasteiger partial charge in [0.1, 0.15) is 6.09 Å². The maximum atomic E-state index is 12.9. The number of amides is 3. The summed E-state index contributed by atoms with van der Waals surface area (Å²) in [4.78, 5) is 52.0. The van der Waals surface area contributed by atoms with Gasteiger partial charge in [-0.3, -0.25) is 19.3 Å². The number of hydrogen-bond acceptors (Lipinski definition) is 5. The van der Waals surface area contributed by atoms with Gasteiger partial charge in [-0.25, -0.2) is 0 Å². The van der Waals surface area contributed by atoms with Crippen LogP contribution < -0.4 is 5.11 Å². The maximum Gasteiger partial charge on any atom is 0.261 e. The molecule has 1 aliphatic heterocycles. The topological polar surface area (TPSA) is 97.8 Å². The molecule has 3 rings (SSSR count). The number of carboxylic acid groups (broad SMARTS) is 1. The van der Waals surface area contributed by atoms with E-state index >= 15 is 0 Å². The van der Waals surface area contributed by atoms with Crippen LogP contribution in [0.4, 0.5) is 4.79 Å². The minimum atomic E-state index is -1.38. The Morgan fingerprint density at radius 1 is 1.00 bits per heavy atom. The van der Waals surface area contributed by atoms with E-state index in [1.807, 2.05) is 0 Å². The first-order chi connectivity index (χ1) is 15.0. The summed E-state index contributed by atoms with van der Waals surface area (Å²) >= 11 is 3.14. The van der Waals surface area contributed by atoms with Crippen LogP contribution in [0.5, 0.6) is 0 Å². The molecule has 0 saturated heterocycles. The van der Waals surface area contributed by atoms with E-state index in [9.17, 15) is 24.3 Å². The first-order valence-corrected chi connectivity index (χ1v) is 11.3. The number of carbonyl (C=O) groups is 4. The van der Waals surface area contributed by atoms with Gasteiger partial charge in [-0.05, 0) is 44.9 Å². The molecule has 3 amide bonds. The lowest BCUT2D eigenvalue weighted by atomic mass is 9.97. The molecule has 2 aromatic rings. The number of carbonyl (C=O) groups excluding carboxylic acids is 4. The number of fused-ring (bicyclic) bond motifs is 1. The van der Waals surface area contributed by atoms with Gasteiger partial charge in [-0.1, -0.05) is 52.3 Å². The predicted octanol–water partition coefficient (Wildman–Crippen LogP) is 2.92. The molecule has 0 fully saturated rings. The third-order valence-corrected chi connectivity index (χ3v) is 5.93. The zero-order chi connectivity index (χ0) is 23.6. The maximum absolute atomic E-state index is 12.9. The summed E-state index contributed by atoms with van der Waals surface area (Å²) < 4.78 is 0. The third kappa shape index (κ3) is 4.75. The number of rotatable bonds is 7. The van der Waals surface area contributed by atoms with Crippen LogP contribution in [0.25, 0.3) is 0 Å². The SMILES string of the molecule is CC(C)(C)N(C(=O)[O-])[C@@H](Cc1ccc(C(=O)CBr)cc1)CN1C(=O)c2ccccc2C1=O. The number of alkyl halides is 1. The van der Waals surface area contributed by atoms with Crippen LogP contribution in [0.3, 0.4) is 0 Å². The molecule has 1 heterocycles. The quantitative estimate of drug-likeness (QED) is 0.331. The lowest BCUT2D eigenvalue weighted by molar-refractivity contribution is -0.273. The lowest BCUT2D eigenvalue weighted by Crippen LogP contribution is -2.60. The second kappa shape index (κ2) is 9.24. The highest BCUT2D eigenvalue weighted by atomic mass is 79.9. The molecular formula is C24H24BrN2O5-. The van der Waals surface area contributed by atoms with E-state index in [-0.39, 0.29) is 24.1 Å². The van der Waals surface area contributed by atoms with Crippen LogP contribution in [0.15, 0.2) is 48.5 Å². The zero-order valence-electron chi connectivity index (χ0n) is 18.1. The van der Waals surface area contributed by atoms with Crippen molar-refractivity contribution in [1.82, 2.24) is 9.80 Å². The Kier molecular flexibility index (Phi) is 6.83. The normalized spacial score (nSPS) is 14.3. The minimum Gasteiger partial charge on any atom is -0.530 e. The van der Waals surface area contributed by atoms with Crippen LogP contribution >= 0.6 is 15.9 Å². The average Bonchev–Trinajstić information content (AvgIpc) is 2.97. The molecule has 0 N–H and O–H groups in total. The summed E-state index contributed by atoms with van der Waals surface area (Å²) in [5.74, 6) is -0.952. The predicted molar refractivity (Wildman–Crippen MR) is 121 cm³/mol. The number of Topliss-reactive ketones (excluding diaryl/α,β-unsaturated/α-hetero) is 1. The van der Waals surface area contributed by atoms with Crippen LogP contribution in [0.2, 0.25) is 0 Å². The van der Waals surface area contributed by atoms with Gasteiger partial charge in [-0.2, -0.15) is 0 Å². The first kappa shape index (κ1) is 23.7. The second-order valence-corrected chi connectivity index (χ2v) is 9.25. The molecule has 0 aromatic heterocycles. The van der Waals surface area contributed by atoms with Crippen molar-refractivity contribution in [2.45, 2.75) is 38.8 Å². The van der Waals surface area contributed by atoms with Gasteiger partial charge < -0.3 is 14.8 Å². The van der Waals surface area contributed by atoms with Gasteiger partial charge in [0.15, 0.2) is 5.78 Å². The molecule has 1 atom stereocenters. The molecule has 1 aliphatic rings. The van der Waals surface area contributed by atoms with Crippen LogP contribution in [0, 0.1) is 0 Å². The lowest BCUT2D eigenvalue weighted by Gasteiger charge is -2.44. The van der Waals surface area contributed by atoms with E-state index in [1.54, 1.807) is 69.3 Å². The Morgan fingerprint density at radius 3 is 1.97 bits per heavy atom.